The number of aliphatic hydroxyl groups is 2. The molecule has 0 aliphatic heterocycles. The maximum Gasteiger partial charge on any atom is 0.325 e. The van der Waals surface area contributed by atoms with Crippen molar-refractivity contribution >= 4 is 17.7 Å². The first-order valence-electron chi connectivity index (χ1n) is 5.35. The van der Waals surface area contributed by atoms with Gasteiger partial charge in [-0.3, -0.25) is 4.79 Å². The average Bonchev–Trinajstić information content (AvgIpc) is 3.08. The van der Waals surface area contributed by atoms with Crippen LogP contribution in [0, 0.1) is 5.92 Å². The number of rotatable bonds is 8. The van der Waals surface area contributed by atoms with Crippen molar-refractivity contribution in [3.8, 4) is 0 Å². The lowest BCUT2D eigenvalue weighted by molar-refractivity contribution is -0.144. The molecule has 1 rings (SSSR count). The minimum Gasteiger partial charge on any atom is -0.480 e. The van der Waals surface area contributed by atoms with Gasteiger partial charge >= 0.3 is 5.97 Å². The molecule has 16 heavy (non-hydrogen) atoms. The van der Waals surface area contributed by atoms with Crippen LogP contribution in [0.2, 0.25) is 0 Å². The summed E-state index contributed by atoms with van der Waals surface area (Å²) in [4.78, 5) is 11.3. The molecular weight excluding hydrogens is 230 g/mol. The second-order valence-electron chi connectivity index (χ2n) is 4.15. The fraction of sp³-hybridized carbons (Fsp3) is 0.900. The zero-order valence-electron chi connectivity index (χ0n) is 9.35. The third kappa shape index (κ3) is 3.10. The third-order valence-corrected chi connectivity index (χ3v) is 4.23. The van der Waals surface area contributed by atoms with Gasteiger partial charge in [0.15, 0.2) is 0 Å². The molecule has 0 amide bonds. The Kier molecular flexibility index (Phi) is 5.04. The molecule has 0 saturated heterocycles. The van der Waals surface area contributed by atoms with Crippen LogP contribution in [-0.4, -0.2) is 58.1 Å². The van der Waals surface area contributed by atoms with Crippen molar-refractivity contribution in [3.63, 3.8) is 0 Å². The van der Waals surface area contributed by atoms with Gasteiger partial charge in [-0.2, -0.15) is 11.8 Å². The number of carboxylic acid groups (broad SMARTS) is 1. The van der Waals surface area contributed by atoms with E-state index in [-0.39, 0.29) is 12.5 Å². The molecule has 0 spiro atoms. The monoisotopic (exact) mass is 249 g/mol. The van der Waals surface area contributed by atoms with Crippen molar-refractivity contribution in [2.75, 3.05) is 25.2 Å². The molecule has 0 aromatic carbocycles. The molecule has 4 N–H and O–H groups in total. The van der Waals surface area contributed by atoms with Gasteiger partial charge in [-0.05, 0) is 25.8 Å². The molecule has 1 aliphatic rings. The first-order valence-corrected chi connectivity index (χ1v) is 6.51. The SMILES string of the molecule is CNC(CSCC(O)CO)(C(=O)O)C1CC1. The molecule has 94 valence electrons. The molecule has 6 heteroatoms. The summed E-state index contributed by atoms with van der Waals surface area (Å²) < 4.78 is 0. The predicted molar refractivity (Wildman–Crippen MR) is 62.6 cm³/mol. The van der Waals surface area contributed by atoms with Crippen LogP contribution >= 0.6 is 11.8 Å². The zero-order chi connectivity index (χ0) is 12.2. The summed E-state index contributed by atoms with van der Waals surface area (Å²) in [5.74, 6) is 0.137. The molecule has 0 heterocycles. The van der Waals surface area contributed by atoms with Crippen LogP contribution in [0.1, 0.15) is 12.8 Å². The Morgan fingerprint density at radius 1 is 1.62 bits per heavy atom. The fourth-order valence-electron chi connectivity index (χ4n) is 1.72. The van der Waals surface area contributed by atoms with E-state index in [0.717, 1.165) is 12.8 Å². The van der Waals surface area contributed by atoms with Crippen molar-refractivity contribution in [2.24, 2.45) is 5.92 Å². The molecule has 0 aromatic rings. The van der Waals surface area contributed by atoms with Crippen molar-refractivity contribution in [3.05, 3.63) is 0 Å². The summed E-state index contributed by atoms with van der Waals surface area (Å²) in [5.41, 5.74) is -0.875. The van der Waals surface area contributed by atoms with Crippen molar-refractivity contribution < 1.29 is 20.1 Å². The lowest BCUT2D eigenvalue weighted by Gasteiger charge is -2.29. The number of carbonyl (C=O) groups is 1. The Morgan fingerprint density at radius 3 is 2.62 bits per heavy atom. The molecule has 2 atom stereocenters. The van der Waals surface area contributed by atoms with E-state index in [1.807, 2.05) is 0 Å². The topological polar surface area (TPSA) is 89.8 Å². The molecule has 2 unspecified atom stereocenters. The van der Waals surface area contributed by atoms with Crippen molar-refractivity contribution in [2.45, 2.75) is 24.5 Å². The number of carboxylic acids is 1. The van der Waals surface area contributed by atoms with Gasteiger partial charge < -0.3 is 20.6 Å². The smallest absolute Gasteiger partial charge is 0.325 e. The van der Waals surface area contributed by atoms with E-state index in [2.05, 4.69) is 5.32 Å². The number of aliphatic carboxylic acids is 1. The van der Waals surface area contributed by atoms with E-state index in [1.54, 1.807) is 7.05 Å². The largest absolute Gasteiger partial charge is 0.480 e. The normalized spacial score (nSPS) is 21.4. The molecule has 1 fully saturated rings. The van der Waals surface area contributed by atoms with Crippen LogP contribution in [0.4, 0.5) is 0 Å². The summed E-state index contributed by atoms with van der Waals surface area (Å²) in [6.45, 7) is -0.282. The lowest BCUT2D eigenvalue weighted by atomic mass is 9.96. The predicted octanol–water partition coefficient (Wildman–Crippen LogP) is -0.474. The Balaban J connectivity index is 2.47. The van der Waals surface area contributed by atoms with Gasteiger partial charge in [0.1, 0.15) is 5.54 Å². The van der Waals surface area contributed by atoms with Gasteiger partial charge in [0, 0.05) is 11.5 Å². The van der Waals surface area contributed by atoms with Gasteiger partial charge in [0.05, 0.1) is 12.7 Å². The summed E-state index contributed by atoms with van der Waals surface area (Å²) in [6.07, 6.45) is 1.11. The van der Waals surface area contributed by atoms with E-state index in [0.29, 0.717) is 11.5 Å². The molecule has 0 radical (unpaired) electrons. The number of hydrogen-bond donors (Lipinski definition) is 4. The van der Waals surface area contributed by atoms with E-state index < -0.39 is 17.6 Å². The van der Waals surface area contributed by atoms with Crippen LogP contribution in [0.5, 0.6) is 0 Å². The number of likely N-dealkylation sites (N-methyl/N-ethyl adjacent to an activating group) is 1. The highest BCUT2D eigenvalue weighted by Gasteiger charge is 2.50. The standard InChI is InChI=1S/C10H19NO4S/c1-11-10(9(14)15,7-2-3-7)6-16-5-8(13)4-12/h7-8,11-13H,2-6H2,1H3,(H,14,15). The van der Waals surface area contributed by atoms with Gasteiger partial charge in [-0.1, -0.05) is 0 Å². The van der Waals surface area contributed by atoms with Gasteiger partial charge in [0.25, 0.3) is 0 Å². The van der Waals surface area contributed by atoms with E-state index >= 15 is 0 Å². The highest BCUT2D eigenvalue weighted by molar-refractivity contribution is 7.99. The summed E-state index contributed by atoms with van der Waals surface area (Å²) >= 11 is 1.36. The molecule has 5 nitrogen and oxygen atoms in total. The number of hydrogen-bond acceptors (Lipinski definition) is 5. The number of nitrogens with one attached hydrogen (secondary N) is 1. The molecule has 1 aliphatic carbocycles. The lowest BCUT2D eigenvalue weighted by Crippen LogP contribution is -2.54. The first-order chi connectivity index (χ1) is 7.56. The average molecular weight is 249 g/mol. The molecule has 0 aromatic heterocycles. The minimum absolute atomic E-state index is 0.189. The van der Waals surface area contributed by atoms with Crippen molar-refractivity contribution in [1.82, 2.24) is 5.32 Å². The van der Waals surface area contributed by atoms with E-state index in [1.165, 1.54) is 11.8 Å². The van der Waals surface area contributed by atoms with Crippen LogP contribution < -0.4 is 5.32 Å². The quantitative estimate of drug-likeness (QED) is 0.465. The molecule has 1 saturated carbocycles. The third-order valence-electron chi connectivity index (χ3n) is 2.95. The molecular formula is C10H19NO4S. The number of aliphatic hydroxyl groups excluding tert-OH is 2. The highest BCUT2D eigenvalue weighted by Crippen LogP contribution is 2.41. The Labute approximate surface area is 99.2 Å². The highest BCUT2D eigenvalue weighted by atomic mass is 32.2. The van der Waals surface area contributed by atoms with Gasteiger partial charge in [-0.25, -0.2) is 0 Å². The van der Waals surface area contributed by atoms with Crippen LogP contribution in [0.3, 0.4) is 0 Å². The minimum atomic E-state index is -0.875. The Hall–Kier alpha value is -0.300. The van der Waals surface area contributed by atoms with Crippen LogP contribution in [0.15, 0.2) is 0 Å². The molecule has 0 bridgehead atoms. The summed E-state index contributed by atoms with van der Waals surface area (Å²) in [6, 6.07) is 0. The van der Waals surface area contributed by atoms with Crippen LogP contribution in [0.25, 0.3) is 0 Å². The first kappa shape index (κ1) is 13.8. The summed E-state index contributed by atoms with van der Waals surface area (Å²) in [7, 11) is 1.66. The number of thioether (sulfide) groups is 1. The maximum absolute atomic E-state index is 11.3. The Morgan fingerprint density at radius 2 is 2.25 bits per heavy atom. The van der Waals surface area contributed by atoms with E-state index in [4.69, 9.17) is 5.11 Å². The van der Waals surface area contributed by atoms with Gasteiger partial charge in [-0.15, -0.1) is 0 Å². The van der Waals surface area contributed by atoms with E-state index in [9.17, 15) is 15.0 Å². The zero-order valence-corrected chi connectivity index (χ0v) is 10.2. The Bertz CT molecular complexity index is 247. The second-order valence-corrected chi connectivity index (χ2v) is 5.18. The van der Waals surface area contributed by atoms with Gasteiger partial charge in [0.2, 0.25) is 0 Å². The van der Waals surface area contributed by atoms with Crippen LogP contribution in [-0.2, 0) is 4.79 Å². The summed E-state index contributed by atoms with van der Waals surface area (Å²) in [5, 5.41) is 30.0. The fourth-order valence-corrected chi connectivity index (χ4v) is 3.04. The second kappa shape index (κ2) is 5.86. The maximum atomic E-state index is 11.3. The van der Waals surface area contributed by atoms with Crippen molar-refractivity contribution in [1.29, 1.82) is 0 Å².